The van der Waals surface area contributed by atoms with Gasteiger partial charge in [-0.1, -0.05) is 12.0 Å². The molecule has 29 heavy (non-hydrogen) atoms. The van der Waals surface area contributed by atoms with Gasteiger partial charge in [0.1, 0.15) is 6.04 Å². The minimum Gasteiger partial charge on any atom is -0.347 e. The second-order valence-corrected chi connectivity index (χ2v) is 6.41. The zero-order valence-electron chi connectivity index (χ0n) is 16.3. The highest BCUT2D eigenvalue weighted by Crippen LogP contribution is 2.25. The van der Waals surface area contributed by atoms with Gasteiger partial charge < -0.3 is 15.5 Å². The van der Waals surface area contributed by atoms with Crippen molar-refractivity contribution >= 4 is 41.5 Å². The summed E-state index contributed by atoms with van der Waals surface area (Å²) in [6.07, 6.45) is 1.10. The molecule has 2 rings (SSSR count). The van der Waals surface area contributed by atoms with Gasteiger partial charge in [-0.05, 0) is 25.1 Å². The first-order valence-corrected chi connectivity index (χ1v) is 8.87. The molecule has 1 aromatic rings. The molecule has 2 N–H and O–H groups in total. The van der Waals surface area contributed by atoms with E-state index in [-0.39, 0.29) is 49.5 Å². The summed E-state index contributed by atoms with van der Waals surface area (Å²) in [5.41, 5.74) is 1.25. The topological polar surface area (TPSA) is 60.0 Å². The molecule has 1 aromatic carbocycles. The molecule has 0 bridgehead atoms. The molecule has 6 nitrogen and oxygen atoms in total. The highest BCUT2D eigenvalue weighted by atomic mass is 127. The summed E-state index contributed by atoms with van der Waals surface area (Å²) < 4.78 is 38.5. The van der Waals surface area contributed by atoms with E-state index >= 15 is 0 Å². The first kappa shape index (κ1) is 25.0. The van der Waals surface area contributed by atoms with Crippen molar-refractivity contribution in [2.75, 3.05) is 45.1 Å². The molecule has 0 saturated carbocycles. The molecule has 1 amide bonds. The number of alkyl halides is 3. The van der Waals surface area contributed by atoms with Crippen LogP contribution in [0.15, 0.2) is 29.3 Å². The lowest BCUT2D eigenvalue weighted by Crippen LogP contribution is -2.57. The molecule has 160 valence electrons. The summed E-state index contributed by atoms with van der Waals surface area (Å²) in [7, 11) is 1.57. The number of nitrogens with one attached hydrogen (secondary N) is 2. The predicted molar refractivity (Wildman–Crippen MR) is 118 cm³/mol. The van der Waals surface area contributed by atoms with Crippen molar-refractivity contribution < 1.29 is 18.0 Å². The second kappa shape index (κ2) is 11.3. The monoisotopic (exact) mass is 523 g/mol. The number of anilines is 1. The second-order valence-electron chi connectivity index (χ2n) is 6.41. The van der Waals surface area contributed by atoms with Crippen LogP contribution in [0, 0.1) is 12.3 Å². The van der Waals surface area contributed by atoms with E-state index in [4.69, 9.17) is 6.42 Å². The summed E-state index contributed by atoms with van der Waals surface area (Å²) in [6, 6.07) is 5.45. The van der Waals surface area contributed by atoms with Crippen molar-refractivity contribution in [2.45, 2.75) is 19.1 Å². The minimum atomic E-state index is -4.24. The van der Waals surface area contributed by atoms with Gasteiger partial charge in [-0.3, -0.25) is 14.7 Å². The number of piperazine rings is 1. The van der Waals surface area contributed by atoms with E-state index in [9.17, 15) is 18.0 Å². The van der Waals surface area contributed by atoms with Gasteiger partial charge in [0.05, 0.1) is 6.54 Å². The van der Waals surface area contributed by atoms with Crippen LogP contribution in [0.4, 0.5) is 18.9 Å². The number of guanidine groups is 1. The van der Waals surface area contributed by atoms with Crippen LogP contribution in [-0.2, 0) is 4.79 Å². The van der Waals surface area contributed by atoms with Crippen LogP contribution in [0.2, 0.25) is 0 Å². The Labute approximate surface area is 185 Å². The molecular weight excluding hydrogens is 498 g/mol. The van der Waals surface area contributed by atoms with Crippen LogP contribution in [0.1, 0.15) is 12.5 Å². The molecule has 0 aromatic heterocycles. The van der Waals surface area contributed by atoms with Crippen molar-refractivity contribution in [3.63, 3.8) is 0 Å². The van der Waals surface area contributed by atoms with Crippen LogP contribution < -0.4 is 10.6 Å². The number of nitrogens with zero attached hydrogens (tertiary/aromatic N) is 3. The van der Waals surface area contributed by atoms with Crippen LogP contribution in [0.5, 0.6) is 0 Å². The van der Waals surface area contributed by atoms with Crippen molar-refractivity contribution in [1.82, 2.24) is 15.1 Å². The standard InChI is InChI=1S/C19H24F3N5O.HI/c1-4-15-6-5-7-16(12-15)25-17(28)13-24-18(23-3)27-10-8-26(9-11-27)14(2)19(20,21)22;/h1,5-7,12,14H,8-11,13H2,2-3H3,(H,23,24)(H,25,28);1H. The van der Waals surface area contributed by atoms with E-state index in [0.717, 1.165) is 0 Å². The summed E-state index contributed by atoms with van der Waals surface area (Å²) in [4.78, 5) is 19.5. The quantitative estimate of drug-likeness (QED) is 0.276. The fourth-order valence-corrected chi connectivity index (χ4v) is 2.91. The molecule has 1 aliphatic heterocycles. The maximum Gasteiger partial charge on any atom is 0.403 e. The number of carbonyl (C=O) groups is 1. The summed E-state index contributed by atoms with van der Waals surface area (Å²) >= 11 is 0. The number of terminal acetylenes is 1. The van der Waals surface area contributed by atoms with E-state index in [1.807, 2.05) is 4.90 Å². The summed E-state index contributed by atoms with van der Waals surface area (Å²) in [5, 5.41) is 5.68. The van der Waals surface area contributed by atoms with Gasteiger partial charge in [0.25, 0.3) is 0 Å². The zero-order chi connectivity index (χ0) is 20.7. The molecule has 1 atom stereocenters. The van der Waals surface area contributed by atoms with Gasteiger partial charge in [0.15, 0.2) is 5.96 Å². The largest absolute Gasteiger partial charge is 0.403 e. The predicted octanol–water partition coefficient (Wildman–Crippen LogP) is 2.37. The van der Waals surface area contributed by atoms with E-state index in [0.29, 0.717) is 30.3 Å². The molecule has 0 radical (unpaired) electrons. The van der Waals surface area contributed by atoms with Gasteiger partial charge in [-0.15, -0.1) is 30.4 Å². The summed E-state index contributed by atoms with van der Waals surface area (Å²) in [5.74, 6) is 2.70. The van der Waals surface area contributed by atoms with Crippen molar-refractivity contribution in [2.24, 2.45) is 4.99 Å². The first-order chi connectivity index (χ1) is 13.2. The number of aliphatic imine (C=N–C) groups is 1. The Kier molecular flexibility index (Phi) is 9.72. The molecule has 1 saturated heterocycles. The Morgan fingerprint density at radius 1 is 1.31 bits per heavy atom. The summed E-state index contributed by atoms with van der Waals surface area (Å²) in [6.45, 7) is 2.48. The van der Waals surface area contributed by atoms with E-state index in [1.165, 1.54) is 11.8 Å². The van der Waals surface area contributed by atoms with E-state index < -0.39 is 12.2 Å². The SMILES string of the molecule is C#Cc1cccc(NC(=O)CNC(=NC)N2CCN(C(C)C(F)(F)F)CC2)c1.I. The van der Waals surface area contributed by atoms with E-state index in [1.54, 1.807) is 31.3 Å². The normalized spacial score (nSPS) is 16.4. The molecule has 10 heteroatoms. The lowest BCUT2D eigenvalue weighted by atomic mass is 10.2. The molecule has 1 heterocycles. The first-order valence-electron chi connectivity index (χ1n) is 8.87. The van der Waals surface area contributed by atoms with Gasteiger partial charge >= 0.3 is 6.18 Å². The van der Waals surface area contributed by atoms with Crippen molar-refractivity contribution in [3.8, 4) is 12.3 Å². The number of halogens is 4. The maximum atomic E-state index is 12.8. The molecule has 1 aliphatic rings. The third-order valence-corrected chi connectivity index (χ3v) is 4.57. The molecule has 0 aliphatic carbocycles. The Hall–Kier alpha value is -2.00. The molecular formula is C19H25F3IN5O. The third kappa shape index (κ3) is 7.40. The van der Waals surface area contributed by atoms with Gasteiger partial charge in [0, 0.05) is 44.5 Å². The van der Waals surface area contributed by atoms with Crippen molar-refractivity contribution in [1.29, 1.82) is 0 Å². The third-order valence-electron chi connectivity index (χ3n) is 4.57. The van der Waals surface area contributed by atoms with Gasteiger partial charge in [-0.25, -0.2) is 0 Å². The molecule has 1 fully saturated rings. The fraction of sp³-hybridized carbons (Fsp3) is 0.474. The molecule has 1 unspecified atom stereocenters. The number of benzene rings is 1. The van der Waals surface area contributed by atoms with Crippen LogP contribution in [0.25, 0.3) is 0 Å². The minimum absolute atomic E-state index is 0. The maximum absolute atomic E-state index is 12.8. The number of rotatable bonds is 4. The highest BCUT2D eigenvalue weighted by molar-refractivity contribution is 14.0. The lowest BCUT2D eigenvalue weighted by Gasteiger charge is -2.39. The Balaban J connectivity index is 0.00000420. The number of hydrogen-bond acceptors (Lipinski definition) is 3. The Morgan fingerprint density at radius 3 is 2.52 bits per heavy atom. The van der Waals surface area contributed by atoms with Crippen molar-refractivity contribution in [3.05, 3.63) is 29.8 Å². The fourth-order valence-electron chi connectivity index (χ4n) is 2.91. The van der Waals surface area contributed by atoms with Crippen LogP contribution in [0.3, 0.4) is 0 Å². The number of hydrogen-bond donors (Lipinski definition) is 2. The lowest BCUT2D eigenvalue weighted by molar-refractivity contribution is -0.181. The van der Waals surface area contributed by atoms with Crippen LogP contribution in [-0.4, -0.2) is 73.7 Å². The van der Waals surface area contributed by atoms with E-state index in [2.05, 4.69) is 21.5 Å². The average Bonchev–Trinajstić information content (AvgIpc) is 2.67. The number of carbonyl (C=O) groups excluding carboxylic acids is 1. The smallest absolute Gasteiger partial charge is 0.347 e. The highest BCUT2D eigenvalue weighted by Gasteiger charge is 2.41. The molecule has 0 spiro atoms. The Morgan fingerprint density at radius 2 is 1.97 bits per heavy atom. The zero-order valence-corrected chi connectivity index (χ0v) is 18.6. The van der Waals surface area contributed by atoms with Gasteiger partial charge in [0.2, 0.25) is 5.91 Å². The Bertz CT molecular complexity index is 755. The average molecular weight is 523 g/mol. The van der Waals surface area contributed by atoms with Gasteiger partial charge in [-0.2, -0.15) is 13.2 Å². The van der Waals surface area contributed by atoms with Crippen LogP contribution >= 0.6 is 24.0 Å². The number of amides is 1.